The zero-order valence-corrected chi connectivity index (χ0v) is 19.8. The number of hydrogen-bond donors (Lipinski definition) is 3. The molecule has 1 amide bonds. The van der Waals surface area contributed by atoms with E-state index in [0.717, 1.165) is 0 Å². The van der Waals surface area contributed by atoms with E-state index in [0.29, 0.717) is 5.56 Å². The molecular formula is C21H28FN2O5PS. The van der Waals surface area contributed by atoms with E-state index in [1.165, 1.54) is 37.3 Å². The van der Waals surface area contributed by atoms with Crippen molar-refractivity contribution in [1.29, 1.82) is 0 Å². The maximum atomic E-state index is 14.2. The van der Waals surface area contributed by atoms with Crippen molar-refractivity contribution >= 4 is 36.5 Å². The molecule has 2 aromatic rings. The lowest BCUT2D eigenvalue weighted by molar-refractivity contribution is -0.125. The van der Waals surface area contributed by atoms with Crippen LogP contribution in [0.25, 0.3) is 0 Å². The lowest BCUT2D eigenvalue weighted by Crippen LogP contribution is -2.31. The summed E-state index contributed by atoms with van der Waals surface area (Å²) in [5.41, 5.74) is 0.776. The van der Waals surface area contributed by atoms with Crippen molar-refractivity contribution in [3.63, 3.8) is 0 Å². The third kappa shape index (κ3) is 6.63. The number of halogens is 1. The zero-order valence-electron chi connectivity index (χ0n) is 17.8. The van der Waals surface area contributed by atoms with Gasteiger partial charge in [-0.25, -0.2) is 12.8 Å². The largest absolute Gasteiger partial charge is 0.492 e. The summed E-state index contributed by atoms with van der Waals surface area (Å²) in [6.45, 7) is 6.64. The highest BCUT2D eigenvalue weighted by molar-refractivity contribution is 7.92. The van der Waals surface area contributed by atoms with Gasteiger partial charge in [0.05, 0.1) is 6.61 Å². The van der Waals surface area contributed by atoms with E-state index in [9.17, 15) is 22.7 Å². The summed E-state index contributed by atoms with van der Waals surface area (Å²) in [6.07, 6.45) is -1.20. The van der Waals surface area contributed by atoms with E-state index in [4.69, 9.17) is 4.74 Å². The second kappa shape index (κ2) is 9.94. The fourth-order valence-corrected chi connectivity index (χ4v) is 4.05. The molecule has 0 heterocycles. The lowest BCUT2D eigenvalue weighted by Gasteiger charge is -2.18. The first-order valence-corrected chi connectivity index (χ1v) is 11.8. The van der Waals surface area contributed by atoms with Crippen molar-refractivity contribution in [2.24, 2.45) is 5.92 Å². The molecule has 0 spiro atoms. The molecule has 31 heavy (non-hydrogen) atoms. The Labute approximate surface area is 184 Å². The highest BCUT2D eigenvalue weighted by atomic mass is 32.2. The molecule has 2 aromatic carbocycles. The van der Waals surface area contributed by atoms with E-state index < -0.39 is 27.4 Å². The number of aliphatic hydroxyl groups is 1. The predicted octanol–water partition coefficient (Wildman–Crippen LogP) is 3.86. The molecule has 0 fully saturated rings. The average Bonchev–Trinajstić information content (AvgIpc) is 2.66. The molecule has 0 aliphatic heterocycles. The summed E-state index contributed by atoms with van der Waals surface area (Å²) >= 11 is 0. The van der Waals surface area contributed by atoms with Gasteiger partial charge in [0.15, 0.2) is 0 Å². The van der Waals surface area contributed by atoms with Crippen LogP contribution in [-0.2, 0) is 20.2 Å². The van der Waals surface area contributed by atoms with Crippen molar-refractivity contribution in [1.82, 2.24) is 0 Å². The maximum absolute atomic E-state index is 14.2. The standard InChI is InChI=1S/C21H28FN2O5PS/c1-5-29-17-12-15(23-20(26)19(25)13(2)3)9-10-18(17)31(27,28)24-16-8-6-7-14(11-16)21(4,22)30/h6-13,19,24-25H,5,30H2,1-4H3,(H,23,26)/t19-,21?/m0/s1. The number of nitrogens with one attached hydrogen (secondary N) is 2. The smallest absolute Gasteiger partial charge is 0.265 e. The number of sulfonamides is 1. The Balaban J connectivity index is 2.35. The number of ether oxygens (including phenoxy) is 1. The van der Waals surface area contributed by atoms with Gasteiger partial charge in [-0.05, 0) is 49.6 Å². The lowest BCUT2D eigenvalue weighted by atomic mass is 10.1. The van der Waals surface area contributed by atoms with Crippen LogP contribution in [0.2, 0.25) is 0 Å². The number of amides is 1. The molecular weight excluding hydrogens is 442 g/mol. The number of anilines is 2. The van der Waals surface area contributed by atoms with Crippen LogP contribution in [0.4, 0.5) is 15.8 Å². The van der Waals surface area contributed by atoms with Crippen molar-refractivity contribution in [3.8, 4) is 5.75 Å². The Morgan fingerprint density at radius 2 is 1.90 bits per heavy atom. The van der Waals surface area contributed by atoms with Crippen LogP contribution >= 0.6 is 9.24 Å². The molecule has 3 atom stereocenters. The number of aliphatic hydroxyl groups excluding tert-OH is 1. The van der Waals surface area contributed by atoms with Crippen LogP contribution in [0.3, 0.4) is 0 Å². The van der Waals surface area contributed by atoms with Crippen molar-refractivity contribution in [3.05, 3.63) is 48.0 Å². The van der Waals surface area contributed by atoms with Crippen molar-refractivity contribution in [2.75, 3.05) is 16.6 Å². The molecule has 0 aliphatic rings. The SMILES string of the molecule is CCOc1cc(NC(=O)[C@@H](O)C(C)C)ccc1S(=O)(=O)Nc1cccc(C(C)(F)P)c1. The van der Waals surface area contributed by atoms with E-state index >= 15 is 0 Å². The fourth-order valence-electron chi connectivity index (χ4n) is 2.69. The normalized spacial score (nSPS) is 14.6. The number of hydrogen-bond acceptors (Lipinski definition) is 5. The Hall–Kier alpha value is -2.22. The van der Waals surface area contributed by atoms with Gasteiger partial charge < -0.3 is 15.2 Å². The molecule has 10 heteroatoms. The number of carbonyl (C=O) groups is 1. The summed E-state index contributed by atoms with van der Waals surface area (Å²) < 4.78 is 48.0. The maximum Gasteiger partial charge on any atom is 0.265 e. The van der Waals surface area contributed by atoms with E-state index in [1.54, 1.807) is 32.9 Å². The van der Waals surface area contributed by atoms with Gasteiger partial charge in [-0.1, -0.05) is 35.2 Å². The molecule has 0 aromatic heterocycles. The molecule has 3 N–H and O–H groups in total. The van der Waals surface area contributed by atoms with Gasteiger partial charge in [-0.2, -0.15) is 0 Å². The van der Waals surface area contributed by atoms with Gasteiger partial charge >= 0.3 is 0 Å². The average molecular weight is 471 g/mol. The van der Waals surface area contributed by atoms with Crippen LogP contribution in [0.5, 0.6) is 5.75 Å². The summed E-state index contributed by atoms with van der Waals surface area (Å²) in [5.74, 6) is -0.849. The molecule has 0 saturated carbocycles. The summed E-state index contributed by atoms with van der Waals surface area (Å²) in [7, 11) is -2.01. The number of rotatable bonds is 9. The minimum atomic E-state index is -4.07. The van der Waals surface area contributed by atoms with Gasteiger partial charge in [-0.3, -0.25) is 9.52 Å². The van der Waals surface area contributed by atoms with Crippen LogP contribution in [0.1, 0.15) is 33.3 Å². The van der Waals surface area contributed by atoms with Gasteiger partial charge in [0.25, 0.3) is 15.9 Å². The minimum absolute atomic E-state index is 0.0318. The molecule has 2 unspecified atom stereocenters. The van der Waals surface area contributed by atoms with Gasteiger partial charge in [0.1, 0.15) is 22.2 Å². The van der Waals surface area contributed by atoms with E-state index in [-0.39, 0.29) is 34.5 Å². The van der Waals surface area contributed by atoms with E-state index in [1.807, 2.05) is 0 Å². The molecule has 2 rings (SSSR count). The van der Waals surface area contributed by atoms with Crippen LogP contribution < -0.4 is 14.8 Å². The molecule has 0 radical (unpaired) electrons. The molecule has 0 saturated heterocycles. The number of benzene rings is 2. The van der Waals surface area contributed by atoms with Gasteiger partial charge in [0.2, 0.25) is 0 Å². The third-order valence-corrected chi connectivity index (χ3v) is 6.13. The first-order valence-electron chi connectivity index (χ1n) is 9.72. The van der Waals surface area contributed by atoms with Gasteiger partial charge in [0, 0.05) is 17.4 Å². The van der Waals surface area contributed by atoms with Crippen LogP contribution in [0, 0.1) is 5.92 Å². The Morgan fingerprint density at radius 1 is 1.23 bits per heavy atom. The second-order valence-electron chi connectivity index (χ2n) is 7.53. The Bertz CT molecular complexity index is 1040. The van der Waals surface area contributed by atoms with Crippen LogP contribution in [0.15, 0.2) is 47.4 Å². The van der Waals surface area contributed by atoms with Gasteiger partial charge in [-0.15, -0.1) is 0 Å². The Morgan fingerprint density at radius 3 is 2.48 bits per heavy atom. The first-order chi connectivity index (χ1) is 14.3. The quantitative estimate of drug-likeness (QED) is 0.483. The monoisotopic (exact) mass is 470 g/mol. The fraction of sp³-hybridized carbons (Fsp3) is 0.381. The minimum Gasteiger partial charge on any atom is -0.492 e. The van der Waals surface area contributed by atoms with Crippen molar-refractivity contribution in [2.45, 2.75) is 44.1 Å². The zero-order chi connectivity index (χ0) is 23.4. The molecule has 170 valence electrons. The Kier molecular flexibility index (Phi) is 8.03. The summed E-state index contributed by atoms with van der Waals surface area (Å²) in [6, 6.07) is 10.1. The number of alkyl halides is 1. The number of carbonyl (C=O) groups excluding carboxylic acids is 1. The molecule has 7 nitrogen and oxygen atoms in total. The van der Waals surface area contributed by atoms with Crippen molar-refractivity contribution < 1.29 is 27.4 Å². The third-order valence-electron chi connectivity index (χ3n) is 4.38. The molecule has 0 bridgehead atoms. The van der Waals surface area contributed by atoms with Crippen LogP contribution in [-0.4, -0.2) is 32.1 Å². The highest BCUT2D eigenvalue weighted by Gasteiger charge is 2.24. The van der Waals surface area contributed by atoms with E-state index in [2.05, 4.69) is 19.3 Å². The highest BCUT2D eigenvalue weighted by Crippen LogP contribution is 2.35. The topological polar surface area (TPSA) is 105 Å². The summed E-state index contributed by atoms with van der Waals surface area (Å²) in [5, 5.41) is 10.7. The second-order valence-corrected chi connectivity index (χ2v) is 10.3. The predicted molar refractivity (Wildman–Crippen MR) is 123 cm³/mol. The molecule has 0 aliphatic carbocycles. The first kappa shape index (κ1) is 25.0. The summed E-state index contributed by atoms with van der Waals surface area (Å²) in [4.78, 5) is 12.0.